The van der Waals surface area contributed by atoms with Crippen LogP contribution in [0.1, 0.15) is 19.5 Å². The lowest BCUT2D eigenvalue weighted by atomic mass is 10.4. The molecule has 0 aliphatic heterocycles. The third kappa shape index (κ3) is 3.41. The van der Waals surface area contributed by atoms with E-state index in [9.17, 15) is 0 Å². The van der Waals surface area contributed by atoms with Gasteiger partial charge in [0.25, 0.3) is 0 Å². The molecule has 1 aromatic rings. The van der Waals surface area contributed by atoms with Crippen molar-refractivity contribution in [2.45, 2.75) is 20.8 Å². The largest absolute Gasteiger partial charge is 0.350 e. The van der Waals surface area contributed by atoms with Gasteiger partial charge in [-0.25, -0.2) is 0 Å². The number of aryl methyl sites for hydroxylation is 1. The van der Waals surface area contributed by atoms with Crippen molar-refractivity contribution in [1.29, 1.82) is 0 Å². The number of rotatable bonds is 0. The van der Waals surface area contributed by atoms with Crippen molar-refractivity contribution < 1.29 is 0 Å². The number of pyridine rings is 1. The van der Waals surface area contributed by atoms with Crippen molar-refractivity contribution >= 4 is 12.2 Å². The van der Waals surface area contributed by atoms with E-state index in [4.69, 9.17) is 12.2 Å². The molecule has 1 aromatic heterocycles. The number of hydrogen-bond donors (Lipinski definition) is 1. The van der Waals surface area contributed by atoms with Gasteiger partial charge in [0, 0.05) is 5.69 Å². The zero-order valence-corrected chi connectivity index (χ0v) is 7.46. The first kappa shape index (κ1) is 9.37. The van der Waals surface area contributed by atoms with Crippen molar-refractivity contribution in [3.05, 3.63) is 28.5 Å². The van der Waals surface area contributed by atoms with Crippen LogP contribution in [0.2, 0.25) is 0 Å². The number of aromatic nitrogens is 1. The van der Waals surface area contributed by atoms with Crippen LogP contribution in [0, 0.1) is 11.6 Å². The third-order valence-electron chi connectivity index (χ3n) is 0.914. The summed E-state index contributed by atoms with van der Waals surface area (Å²) in [5.41, 5.74) is 1.11. The maximum atomic E-state index is 4.84. The molecule has 56 valence electrons. The highest BCUT2D eigenvalue weighted by Gasteiger charge is 1.76. The molecule has 0 unspecified atom stereocenters. The van der Waals surface area contributed by atoms with Crippen LogP contribution < -0.4 is 0 Å². The van der Waals surface area contributed by atoms with Gasteiger partial charge in [-0.1, -0.05) is 32.1 Å². The maximum absolute atomic E-state index is 4.84. The monoisotopic (exact) mass is 155 g/mol. The van der Waals surface area contributed by atoms with Gasteiger partial charge in [-0.15, -0.1) is 0 Å². The molecule has 0 fully saturated rings. The van der Waals surface area contributed by atoms with E-state index in [0.29, 0.717) is 0 Å². The average molecular weight is 155 g/mol. The van der Waals surface area contributed by atoms with Crippen molar-refractivity contribution in [3.63, 3.8) is 0 Å². The molecule has 1 heterocycles. The fourth-order valence-corrected chi connectivity index (χ4v) is 0.797. The molecule has 0 saturated carbocycles. The molecule has 1 nitrogen and oxygen atoms in total. The van der Waals surface area contributed by atoms with Crippen LogP contribution in [-0.4, -0.2) is 4.98 Å². The van der Waals surface area contributed by atoms with Crippen LogP contribution in [0.25, 0.3) is 0 Å². The average Bonchev–Trinajstić information content (AvgIpc) is 1.91. The molecule has 0 atom stereocenters. The van der Waals surface area contributed by atoms with Gasteiger partial charge in [0.15, 0.2) is 0 Å². The molecule has 0 amide bonds. The third-order valence-corrected chi connectivity index (χ3v) is 1.15. The van der Waals surface area contributed by atoms with Gasteiger partial charge in [0.05, 0.1) is 0 Å². The molecule has 1 N–H and O–H groups in total. The first-order chi connectivity index (χ1) is 4.79. The Balaban J connectivity index is 0.000000371. The second kappa shape index (κ2) is 5.18. The normalized spacial score (nSPS) is 7.90. The minimum Gasteiger partial charge on any atom is -0.350 e. The van der Waals surface area contributed by atoms with Crippen molar-refractivity contribution in [2.24, 2.45) is 0 Å². The lowest BCUT2D eigenvalue weighted by molar-refractivity contribution is 1.18. The van der Waals surface area contributed by atoms with Crippen LogP contribution in [0.4, 0.5) is 0 Å². The van der Waals surface area contributed by atoms with Crippen LogP contribution in [0.3, 0.4) is 0 Å². The van der Waals surface area contributed by atoms with E-state index >= 15 is 0 Å². The highest BCUT2D eigenvalue weighted by atomic mass is 32.1. The summed E-state index contributed by atoms with van der Waals surface area (Å²) >= 11 is 4.84. The fraction of sp³-hybridized carbons (Fsp3) is 0.375. The fourth-order valence-electron chi connectivity index (χ4n) is 0.558. The Hall–Kier alpha value is -0.630. The highest BCUT2D eigenvalue weighted by Crippen LogP contribution is 1.90. The number of hydrogen-bond acceptors (Lipinski definition) is 1. The molecule has 0 spiro atoms. The molecule has 0 aliphatic carbocycles. The summed E-state index contributed by atoms with van der Waals surface area (Å²) < 4.78 is 0.796. The Morgan fingerprint density at radius 1 is 1.30 bits per heavy atom. The van der Waals surface area contributed by atoms with Crippen LogP contribution >= 0.6 is 12.2 Å². The second-order valence-corrected chi connectivity index (χ2v) is 2.14. The van der Waals surface area contributed by atoms with E-state index < -0.39 is 0 Å². The van der Waals surface area contributed by atoms with Crippen LogP contribution in [-0.2, 0) is 0 Å². The minimum absolute atomic E-state index is 0.796. The summed E-state index contributed by atoms with van der Waals surface area (Å²) in [6, 6.07) is 5.78. The maximum Gasteiger partial charge on any atom is 0.103 e. The summed E-state index contributed by atoms with van der Waals surface area (Å²) in [5, 5.41) is 0. The first-order valence-corrected chi connectivity index (χ1v) is 3.86. The van der Waals surface area contributed by atoms with Gasteiger partial charge in [-0.05, 0) is 19.1 Å². The van der Waals surface area contributed by atoms with E-state index in [0.717, 1.165) is 10.3 Å². The molecule has 0 aromatic carbocycles. The molecule has 0 bridgehead atoms. The van der Waals surface area contributed by atoms with Gasteiger partial charge in [-0.3, -0.25) is 0 Å². The highest BCUT2D eigenvalue weighted by molar-refractivity contribution is 7.71. The van der Waals surface area contributed by atoms with Gasteiger partial charge in [0.1, 0.15) is 4.64 Å². The Labute approximate surface area is 67.1 Å². The lowest BCUT2D eigenvalue weighted by Crippen LogP contribution is -1.76. The Morgan fingerprint density at radius 3 is 2.20 bits per heavy atom. The van der Waals surface area contributed by atoms with Crippen LogP contribution in [0.5, 0.6) is 0 Å². The first-order valence-electron chi connectivity index (χ1n) is 3.45. The zero-order chi connectivity index (χ0) is 7.98. The van der Waals surface area contributed by atoms with E-state index in [1.54, 1.807) is 0 Å². The van der Waals surface area contributed by atoms with Gasteiger partial charge >= 0.3 is 0 Å². The predicted octanol–water partition coefficient (Wildman–Crippen LogP) is 3.08. The van der Waals surface area contributed by atoms with Crippen molar-refractivity contribution in [2.75, 3.05) is 0 Å². The van der Waals surface area contributed by atoms with Gasteiger partial charge in [0.2, 0.25) is 0 Å². The van der Waals surface area contributed by atoms with E-state index in [2.05, 4.69) is 4.98 Å². The number of aromatic amines is 1. The lowest BCUT2D eigenvalue weighted by Gasteiger charge is -1.87. The molecule has 0 aliphatic rings. The second-order valence-electron chi connectivity index (χ2n) is 1.70. The summed E-state index contributed by atoms with van der Waals surface area (Å²) in [5.74, 6) is 0. The molecular weight excluding hydrogens is 142 g/mol. The molecule has 1 rings (SSSR count). The zero-order valence-electron chi connectivity index (χ0n) is 6.64. The van der Waals surface area contributed by atoms with E-state index in [-0.39, 0.29) is 0 Å². The topological polar surface area (TPSA) is 15.8 Å². The van der Waals surface area contributed by atoms with Crippen molar-refractivity contribution in [1.82, 2.24) is 4.98 Å². The molecule has 10 heavy (non-hydrogen) atoms. The molecule has 0 saturated heterocycles. The smallest absolute Gasteiger partial charge is 0.103 e. The number of nitrogens with one attached hydrogen (secondary N) is 1. The van der Waals surface area contributed by atoms with Crippen molar-refractivity contribution in [3.8, 4) is 0 Å². The summed E-state index contributed by atoms with van der Waals surface area (Å²) in [6.07, 6.45) is 0. The van der Waals surface area contributed by atoms with E-state index in [1.807, 2.05) is 39.0 Å². The Morgan fingerprint density at radius 2 is 1.90 bits per heavy atom. The summed E-state index contributed by atoms with van der Waals surface area (Å²) in [4.78, 5) is 2.98. The Bertz CT molecular complexity index is 227. The quantitative estimate of drug-likeness (QED) is 0.569. The summed E-state index contributed by atoms with van der Waals surface area (Å²) in [7, 11) is 0. The van der Waals surface area contributed by atoms with E-state index in [1.165, 1.54) is 0 Å². The molecule has 0 radical (unpaired) electrons. The van der Waals surface area contributed by atoms with Crippen LogP contribution in [0.15, 0.2) is 18.2 Å². The predicted molar refractivity (Wildman–Crippen MR) is 47.7 cm³/mol. The van der Waals surface area contributed by atoms with Gasteiger partial charge < -0.3 is 4.98 Å². The standard InChI is InChI=1S/C6H7NS.C2H6/c1-5-3-2-4-6(8)7-5;1-2/h2-4H,1H3,(H,7,8);1-2H3. The van der Waals surface area contributed by atoms with Gasteiger partial charge in [-0.2, -0.15) is 0 Å². The minimum atomic E-state index is 0.796. The molecular formula is C8H13NS. The Kier molecular flexibility index (Phi) is 4.85. The number of H-pyrrole nitrogens is 1. The molecule has 2 heteroatoms. The SMILES string of the molecule is CC.Cc1cccc(=S)[nH]1. The summed E-state index contributed by atoms with van der Waals surface area (Å²) in [6.45, 7) is 5.98.